The van der Waals surface area contributed by atoms with Gasteiger partial charge in [0, 0.05) is 0 Å². The van der Waals surface area contributed by atoms with E-state index in [0.717, 1.165) is 18.3 Å². The van der Waals surface area contributed by atoms with Gasteiger partial charge in [0.25, 0.3) is 0 Å². The van der Waals surface area contributed by atoms with E-state index in [-0.39, 0.29) is 0 Å². The van der Waals surface area contributed by atoms with Crippen LogP contribution in [0.1, 0.15) is 64.7 Å². The Balaban J connectivity index is 2.05. The van der Waals surface area contributed by atoms with Crippen molar-refractivity contribution in [3.63, 3.8) is 0 Å². The molecule has 2 rings (SSSR count). The molecule has 2 aliphatic rings. The van der Waals surface area contributed by atoms with E-state index in [1.54, 1.807) is 5.47 Å². The van der Waals surface area contributed by atoms with Gasteiger partial charge in [-0.05, 0) is 11.4 Å². The van der Waals surface area contributed by atoms with Crippen molar-refractivity contribution in [2.24, 2.45) is 0 Å². The molecule has 0 unspecified atom stereocenters. The number of hydrogen-bond acceptors (Lipinski definition) is 0. The molecule has 2 fully saturated rings. The van der Waals surface area contributed by atoms with Crippen LogP contribution in [0, 0.1) is 0 Å². The summed E-state index contributed by atoms with van der Waals surface area (Å²) in [6.45, 7) is 3.24. The SMILES string of the molecule is CCCC/C(=C\Br)B1C2CCCC1CCC2. The summed E-state index contributed by atoms with van der Waals surface area (Å²) in [7, 11) is 0. The van der Waals surface area contributed by atoms with Gasteiger partial charge in [0.2, 0.25) is 0 Å². The van der Waals surface area contributed by atoms with Crippen LogP contribution >= 0.6 is 15.9 Å². The normalized spacial score (nSPS) is 30.6. The summed E-state index contributed by atoms with van der Waals surface area (Å²) in [5.74, 6) is 2.04. The van der Waals surface area contributed by atoms with Crippen LogP contribution in [0.4, 0.5) is 0 Å². The first-order valence-electron chi connectivity index (χ1n) is 7.16. The summed E-state index contributed by atoms with van der Waals surface area (Å²) < 4.78 is 0. The summed E-state index contributed by atoms with van der Waals surface area (Å²) in [5.41, 5.74) is 1.73. The van der Waals surface area contributed by atoms with E-state index in [0.29, 0.717) is 0 Å². The monoisotopic (exact) mass is 282 g/mol. The molecule has 0 aromatic rings. The Hall–Kier alpha value is 0.285. The van der Waals surface area contributed by atoms with E-state index >= 15 is 0 Å². The standard InChI is InChI=1S/C14H24BBr/c1-2-3-6-14(11-16)15-12-7-4-8-13(15)10-5-9-12/h11-13H,2-10H2,1H3/b14-11+. The largest absolute Gasteiger partial charge is 0.177 e. The van der Waals surface area contributed by atoms with Crippen molar-refractivity contribution in [3.05, 3.63) is 10.5 Å². The highest BCUT2D eigenvalue weighted by Crippen LogP contribution is 2.49. The molecule has 0 saturated carbocycles. The Morgan fingerprint density at radius 3 is 2.19 bits per heavy atom. The Labute approximate surface area is 109 Å². The maximum atomic E-state index is 3.63. The third-order valence-electron chi connectivity index (χ3n) is 4.70. The average molecular weight is 283 g/mol. The number of allylic oxidation sites excluding steroid dienone is 1. The van der Waals surface area contributed by atoms with Gasteiger partial charge in [-0.25, -0.2) is 0 Å². The average Bonchev–Trinajstić information content (AvgIpc) is 2.29. The molecule has 0 spiro atoms. The molecule has 2 heterocycles. The molecule has 0 aliphatic carbocycles. The fourth-order valence-corrected chi connectivity index (χ4v) is 4.49. The summed E-state index contributed by atoms with van der Waals surface area (Å²) in [6.07, 6.45) is 13.0. The minimum absolute atomic E-state index is 0.938. The molecule has 90 valence electrons. The van der Waals surface area contributed by atoms with Gasteiger partial charge >= 0.3 is 0 Å². The Morgan fingerprint density at radius 2 is 1.75 bits per heavy atom. The van der Waals surface area contributed by atoms with Gasteiger partial charge < -0.3 is 0 Å². The van der Waals surface area contributed by atoms with Gasteiger partial charge in [-0.3, -0.25) is 0 Å². The first-order chi connectivity index (χ1) is 7.86. The van der Waals surface area contributed by atoms with E-state index in [9.17, 15) is 0 Å². The third-order valence-corrected chi connectivity index (χ3v) is 5.29. The van der Waals surface area contributed by atoms with Crippen LogP contribution in [-0.4, -0.2) is 6.71 Å². The van der Waals surface area contributed by atoms with Gasteiger partial charge in [-0.2, -0.15) is 0 Å². The first-order valence-corrected chi connectivity index (χ1v) is 8.07. The van der Waals surface area contributed by atoms with Crippen LogP contribution in [0.5, 0.6) is 0 Å². The second kappa shape index (κ2) is 6.28. The van der Waals surface area contributed by atoms with Crippen molar-refractivity contribution in [1.82, 2.24) is 0 Å². The van der Waals surface area contributed by atoms with Crippen LogP contribution < -0.4 is 0 Å². The summed E-state index contributed by atoms with van der Waals surface area (Å²) in [5, 5.41) is 0. The highest BCUT2D eigenvalue weighted by molar-refractivity contribution is 9.11. The highest BCUT2D eigenvalue weighted by atomic mass is 79.9. The molecule has 0 aromatic carbocycles. The lowest BCUT2D eigenvalue weighted by Gasteiger charge is -2.41. The van der Waals surface area contributed by atoms with E-state index < -0.39 is 0 Å². The van der Waals surface area contributed by atoms with Crippen molar-refractivity contribution < 1.29 is 0 Å². The van der Waals surface area contributed by atoms with Crippen molar-refractivity contribution in [3.8, 4) is 0 Å². The van der Waals surface area contributed by atoms with Crippen LogP contribution in [0.15, 0.2) is 10.5 Å². The molecule has 0 aromatic heterocycles. The lowest BCUT2D eigenvalue weighted by atomic mass is 9.24. The number of hydrogen-bond donors (Lipinski definition) is 0. The maximum Gasteiger partial charge on any atom is 0.177 e. The second-order valence-electron chi connectivity index (χ2n) is 5.70. The Bertz CT molecular complexity index is 227. The van der Waals surface area contributed by atoms with E-state index in [1.165, 1.54) is 57.8 Å². The van der Waals surface area contributed by atoms with Gasteiger partial charge in [-0.1, -0.05) is 91.3 Å². The van der Waals surface area contributed by atoms with Gasteiger partial charge in [0.05, 0.1) is 0 Å². The molecular formula is C14H24BBr. The fraction of sp³-hybridized carbons (Fsp3) is 0.857. The second-order valence-corrected chi connectivity index (χ2v) is 6.15. The molecule has 16 heavy (non-hydrogen) atoms. The first kappa shape index (κ1) is 12.7. The smallest absolute Gasteiger partial charge is 0.0937 e. The molecule has 0 N–H and O–H groups in total. The zero-order valence-electron chi connectivity index (χ0n) is 10.6. The number of fused-ring (bicyclic) bond motifs is 2. The van der Waals surface area contributed by atoms with Crippen molar-refractivity contribution in [2.75, 3.05) is 0 Å². The Kier molecular flexibility index (Phi) is 5.00. The molecule has 0 radical (unpaired) electrons. The third kappa shape index (κ3) is 2.75. The fourth-order valence-electron chi connectivity index (χ4n) is 3.96. The predicted octanol–water partition coefficient (Wildman–Crippen LogP) is 5.60. The van der Waals surface area contributed by atoms with Gasteiger partial charge in [0.1, 0.15) is 0 Å². The number of halogens is 1. The van der Waals surface area contributed by atoms with Gasteiger partial charge in [-0.15, -0.1) is 0 Å². The highest BCUT2D eigenvalue weighted by Gasteiger charge is 2.40. The molecular weight excluding hydrogens is 259 g/mol. The number of rotatable bonds is 4. The van der Waals surface area contributed by atoms with Crippen molar-refractivity contribution >= 4 is 22.6 Å². The zero-order chi connectivity index (χ0) is 11.4. The van der Waals surface area contributed by atoms with Crippen LogP contribution in [0.25, 0.3) is 0 Å². The molecule has 2 heteroatoms. The Morgan fingerprint density at radius 1 is 1.19 bits per heavy atom. The van der Waals surface area contributed by atoms with Crippen LogP contribution in [0.2, 0.25) is 11.6 Å². The lowest BCUT2D eigenvalue weighted by molar-refractivity contribution is 0.445. The molecule has 0 amide bonds. The maximum absolute atomic E-state index is 3.63. The van der Waals surface area contributed by atoms with E-state index in [2.05, 4.69) is 27.8 Å². The number of unbranched alkanes of at least 4 members (excludes halogenated alkanes) is 1. The molecule has 2 saturated heterocycles. The minimum atomic E-state index is 0.938. The quantitative estimate of drug-likeness (QED) is 0.589. The molecule has 2 bridgehead atoms. The van der Waals surface area contributed by atoms with Gasteiger partial charge in [0.15, 0.2) is 6.71 Å². The van der Waals surface area contributed by atoms with E-state index in [4.69, 9.17) is 0 Å². The van der Waals surface area contributed by atoms with Crippen molar-refractivity contribution in [2.45, 2.75) is 76.3 Å². The topological polar surface area (TPSA) is 0 Å². The molecule has 0 nitrogen and oxygen atoms in total. The lowest BCUT2D eigenvalue weighted by Crippen LogP contribution is -2.36. The predicted molar refractivity (Wildman–Crippen MR) is 77.5 cm³/mol. The summed E-state index contributed by atoms with van der Waals surface area (Å²) in [6, 6.07) is 0. The molecule has 2 aliphatic heterocycles. The summed E-state index contributed by atoms with van der Waals surface area (Å²) in [4.78, 5) is 2.27. The minimum Gasteiger partial charge on any atom is -0.0937 e. The van der Waals surface area contributed by atoms with Crippen LogP contribution in [0.3, 0.4) is 0 Å². The zero-order valence-corrected chi connectivity index (χ0v) is 12.1. The summed E-state index contributed by atoms with van der Waals surface area (Å²) >= 11 is 3.63. The molecule has 0 atom stereocenters. The van der Waals surface area contributed by atoms with Crippen molar-refractivity contribution in [1.29, 1.82) is 0 Å². The van der Waals surface area contributed by atoms with E-state index in [1.807, 2.05) is 0 Å². The van der Waals surface area contributed by atoms with Crippen LogP contribution in [-0.2, 0) is 0 Å².